The molecule has 0 unspecified atom stereocenters. The number of carbonyl (C=O) groups excluding carboxylic acids is 1. The van der Waals surface area contributed by atoms with Gasteiger partial charge in [-0.15, -0.1) is 0 Å². The van der Waals surface area contributed by atoms with Crippen molar-refractivity contribution in [3.05, 3.63) is 34.9 Å². The molecule has 70 valence electrons. The molecule has 0 amide bonds. The molecule has 0 atom stereocenters. The minimum Gasteiger partial charge on any atom is -0.459 e. The van der Waals surface area contributed by atoms with Crippen LogP contribution < -0.4 is 0 Å². The summed E-state index contributed by atoms with van der Waals surface area (Å²) in [6.07, 6.45) is -0.105. The van der Waals surface area contributed by atoms with Crippen molar-refractivity contribution in [2.24, 2.45) is 0 Å². The van der Waals surface area contributed by atoms with E-state index in [1.807, 2.05) is 13.8 Å². The van der Waals surface area contributed by atoms with Crippen molar-refractivity contribution in [3.63, 3.8) is 0 Å². The van der Waals surface area contributed by atoms with Crippen LogP contribution in [0.4, 0.5) is 0 Å². The van der Waals surface area contributed by atoms with Crippen LogP contribution in [0.15, 0.2) is 24.3 Å². The van der Waals surface area contributed by atoms with Gasteiger partial charge in [0.1, 0.15) is 0 Å². The SMILES string of the molecule is CC(C)OC(=O)c1cccc(Cl)c1. The molecule has 0 N–H and O–H groups in total. The van der Waals surface area contributed by atoms with Gasteiger partial charge >= 0.3 is 5.97 Å². The van der Waals surface area contributed by atoms with Crippen LogP contribution in [0, 0.1) is 0 Å². The summed E-state index contributed by atoms with van der Waals surface area (Å²) in [4.78, 5) is 11.3. The number of hydrogen-bond acceptors (Lipinski definition) is 2. The summed E-state index contributed by atoms with van der Waals surface area (Å²) in [5.41, 5.74) is 0.487. The second-order valence-electron chi connectivity index (χ2n) is 2.96. The number of benzene rings is 1. The summed E-state index contributed by atoms with van der Waals surface area (Å²) in [6, 6.07) is 6.70. The standard InChI is InChI=1S/C10H11ClO2/c1-7(2)13-10(12)8-4-3-5-9(11)6-8/h3-7H,1-2H3. The Balaban J connectivity index is 2.77. The highest BCUT2D eigenvalue weighted by Gasteiger charge is 2.08. The zero-order valence-electron chi connectivity index (χ0n) is 7.58. The molecule has 0 bridgehead atoms. The molecule has 1 aromatic rings. The van der Waals surface area contributed by atoms with E-state index >= 15 is 0 Å². The Bertz CT molecular complexity index is 308. The van der Waals surface area contributed by atoms with Gasteiger partial charge in [-0.05, 0) is 32.0 Å². The van der Waals surface area contributed by atoms with Gasteiger partial charge in [0.2, 0.25) is 0 Å². The Labute approximate surface area is 82.5 Å². The smallest absolute Gasteiger partial charge is 0.338 e. The maximum atomic E-state index is 11.3. The average molecular weight is 199 g/mol. The topological polar surface area (TPSA) is 26.3 Å². The van der Waals surface area contributed by atoms with Crippen LogP contribution in [-0.4, -0.2) is 12.1 Å². The fourth-order valence-corrected chi connectivity index (χ4v) is 1.09. The van der Waals surface area contributed by atoms with E-state index in [9.17, 15) is 4.79 Å². The average Bonchev–Trinajstić information content (AvgIpc) is 2.03. The Morgan fingerprint density at radius 2 is 2.15 bits per heavy atom. The van der Waals surface area contributed by atoms with Gasteiger partial charge in [0, 0.05) is 5.02 Å². The molecule has 0 aliphatic heterocycles. The van der Waals surface area contributed by atoms with Crippen molar-refractivity contribution in [1.82, 2.24) is 0 Å². The van der Waals surface area contributed by atoms with E-state index in [1.54, 1.807) is 24.3 Å². The van der Waals surface area contributed by atoms with Crippen LogP contribution in [0.1, 0.15) is 24.2 Å². The molecule has 2 nitrogen and oxygen atoms in total. The molecule has 13 heavy (non-hydrogen) atoms. The lowest BCUT2D eigenvalue weighted by atomic mass is 10.2. The Morgan fingerprint density at radius 1 is 1.46 bits per heavy atom. The minimum absolute atomic E-state index is 0.105. The molecule has 0 aromatic heterocycles. The van der Waals surface area contributed by atoms with Gasteiger partial charge in [-0.2, -0.15) is 0 Å². The Kier molecular flexibility index (Phi) is 3.32. The molecule has 0 spiro atoms. The summed E-state index contributed by atoms with van der Waals surface area (Å²) >= 11 is 5.72. The molecule has 1 aromatic carbocycles. The first-order valence-corrected chi connectivity index (χ1v) is 4.44. The fourth-order valence-electron chi connectivity index (χ4n) is 0.898. The van der Waals surface area contributed by atoms with Crippen LogP contribution in [-0.2, 0) is 4.74 Å². The van der Waals surface area contributed by atoms with Crippen LogP contribution >= 0.6 is 11.6 Å². The van der Waals surface area contributed by atoms with E-state index in [0.29, 0.717) is 10.6 Å². The molecule has 1 rings (SSSR count). The quantitative estimate of drug-likeness (QED) is 0.683. The van der Waals surface area contributed by atoms with Gasteiger partial charge in [0.25, 0.3) is 0 Å². The third-order valence-corrected chi connectivity index (χ3v) is 1.64. The molecule has 0 aliphatic carbocycles. The molecule has 0 radical (unpaired) electrons. The maximum absolute atomic E-state index is 11.3. The van der Waals surface area contributed by atoms with Gasteiger partial charge in [-0.25, -0.2) is 4.79 Å². The Hall–Kier alpha value is -1.02. The van der Waals surface area contributed by atoms with E-state index < -0.39 is 0 Å². The second-order valence-corrected chi connectivity index (χ2v) is 3.40. The highest BCUT2D eigenvalue weighted by molar-refractivity contribution is 6.30. The predicted molar refractivity (Wildman–Crippen MR) is 52.0 cm³/mol. The highest BCUT2D eigenvalue weighted by Crippen LogP contribution is 2.12. The molecule has 0 heterocycles. The largest absolute Gasteiger partial charge is 0.459 e. The van der Waals surface area contributed by atoms with Gasteiger partial charge in [-0.3, -0.25) is 0 Å². The Morgan fingerprint density at radius 3 is 2.69 bits per heavy atom. The van der Waals surface area contributed by atoms with Crippen molar-refractivity contribution >= 4 is 17.6 Å². The zero-order valence-corrected chi connectivity index (χ0v) is 8.34. The first-order chi connectivity index (χ1) is 6.09. The molecule has 0 saturated heterocycles. The first kappa shape index (κ1) is 10.1. The van der Waals surface area contributed by atoms with Crippen molar-refractivity contribution in [3.8, 4) is 0 Å². The minimum atomic E-state index is -0.336. The first-order valence-electron chi connectivity index (χ1n) is 4.06. The van der Waals surface area contributed by atoms with Crippen molar-refractivity contribution < 1.29 is 9.53 Å². The number of ether oxygens (including phenoxy) is 1. The molecule has 3 heteroatoms. The van der Waals surface area contributed by atoms with Crippen LogP contribution in [0.5, 0.6) is 0 Å². The van der Waals surface area contributed by atoms with E-state index in [4.69, 9.17) is 16.3 Å². The lowest BCUT2D eigenvalue weighted by molar-refractivity contribution is 0.0378. The summed E-state index contributed by atoms with van der Waals surface area (Å²) in [7, 11) is 0. The third-order valence-electron chi connectivity index (χ3n) is 1.40. The molecule has 0 fully saturated rings. The van der Waals surface area contributed by atoms with Gasteiger partial charge < -0.3 is 4.74 Å². The van der Waals surface area contributed by atoms with Crippen molar-refractivity contribution in [1.29, 1.82) is 0 Å². The van der Waals surface area contributed by atoms with Crippen molar-refractivity contribution in [2.75, 3.05) is 0 Å². The summed E-state index contributed by atoms with van der Waals surface area (Å²) < 4.78 is 4.99. The molecular formula is C10H11ClO2. The molecule has 0 aliphatic rings. The summed E-state index contributed by atoms with van der Waals surface area (Å²) in [5.74, 6) is -0.336. The van der Waals surface area contributed by atoms with E-state index in [-0.39, 0.29) is 12.1 Å². The predicted octanol–water partition coefficient (Wildman–Crippen LogP) is 2.91. The monoisotopic (exact) mass is 198 g/mol. The number of halogens is 1. The highest BCUT2D eigenvalue weighted by atomic mass is 35.5. The lowest BCUT2D eigenvalue weighted by Crippen LogP contribution is -2.11. The number of hydrogen-bond donors (Lipinski definition) is 0. The number of rotatable bonds is 2. The van der Waals surface area contributed by atoms with Crippen LogP contribution in [0.25, 0.3) is 0 Å². The van der Waals surface area contributed by atoms with Gasteiger partial charge in [-0.1, -0.05) is 17.7 Å². The van der Waals surface area contributed by atoms with Gasteiger partial charge in [0.05, 0.1) is 11.7 Å². The number of esters is 1. The van der Waals surface area contributed by atoms with E-state index in [0.717, 1.165) is 0 Å². The number of carbonyl (C=O) groups is 1. The molecular weight excluding hydrogens is 188 g/mol. The van der Waals surface area contributed by atoms with Crippen LogP contribution in [0.3, 0.4) is 0 Å². The normalized spacial score (nSPS) is 10.2. The van der Waals surface area contributed by atoms with E-state index in [2.05, 4.69) is 0 Å². The zero-order chi connectivity index (χ0) is 9.84. The lowest BCUT2D eigenvalue weighted by Gasteiger charge is -2.07. The summed E-state index contributed by atoms with van der Waals surface area (Å²) in [5, 5.41) is 0.540. The van der Waals surface area contributed by atoms with Gasteiger partial charge in [0.15, 0.2) is 0 Å². The fraction of sp³-hybridized carbons (Fsp3) is 0.300. The third kappa shape index (κ3) is 3.07. The summed E-state index contributed by atoms with van der Waals surface area (Å²) in [6.45, 7) is 3.62. The molecule has 0 saturated carbocycles. The van der Waals surface area contributed by atoms with Crippen molar-refractivity contribution in [2.45, 2.75) is 20.0 Å². The van der Waals surface area contributed by atoms with Crippen LogP contribution in [0.2, 0.25) is 5.02 Å². The van der Waals surface area contributed by atoms with E-state index in [1.165, 1.54) is 0 Å². The second kappa shape index (κ2) is 4.28. The maximum Gasteiger partial charge on any atom is 0.338 e.